The topological polar surface area (TPSA) is 29.3 Å². The minimum Gasteiger partial charge on any atom is -0.329 e. The lowest BCUT2D eigenvalue weighted by molar-refractivity contribution is 0.0471. The molecule has 1 aromatic rings. The Bertz CT molecular complexity index is 407. The number of nitrogens with zero attached hydrogens (tertiary/aromatic N) is 1. The summed E-state index contributed by atoms with van der Waals surface area (Å²) in [7, 11) is 0. The average Bonchev–Trinajstić information content (AvgIpc) is 2.41. The van der Waals surface area contributed by atoms with Gasteiger partial charge in [-0.1, -0.05) is 25.5 Å². The molecular formula is C16H25FN2. The molecule has 0 aliphatic carbocycles. The van der Waals surface area contributed by atoms with Crippen LogP contribution in [0.25, 0.3) is 0 Å². The summed E-state index contributed by atoms with van der Waals surface area (Å²) in [4.78, 5) is 2.51. The normalized spacial score (nSPS) is 26.3. The Morgan fingerprint density at radius 2 is 2.21 bits per heavy atom. The Morgan fingerprint density at radius 1 is 1.42 bits per heavy atom. The third kappa shape index (κ3) is 3.15. The van der Waals surface area contributed by atoms with Crippen molar-refractivity contribution in [2.24, 2.45) is 5.73 Å². The lowest BCUT2D eigenvalue weighted by Gasteiger charge is -2.45. The van der Waals surface area contributed by atoms with Crippen LogP contribution in [0.3, 0.4) is 0 Å². The Labute approximate surface area is 115 Å². The van der Waals surface area contributed by atoms with E-state index in [1.807, 2.05) is 6.07 Å². The highest BCUT2D eigenvalue weighted by molar-refractivity contribution is 5.21. The fourth-order valence-electron chi connectivity index (χ4n) is 3.44. The van der Waals surface area contributed by atoms with Crippen molar-refractivity contribution in [2.75, 3.05) is 6.54 Å². The number of halogens is 1. The van der Waals surface area contributed by atoms with E-state index in [0.29, 0.717) is 18.6 Å². The first-order chi connectivity index (χ1) is 9.17. The number of likely N-dealkylation sites (tertiary alicyclic amines) is 1. The molecule has 0 radical (unpaired) electrons. The lowest BCUT2D eigenvalue weighted by atomic mass is 9.91. The van der Waals surface area contributed by atoms with Gasteiger partial charge in [-0.25, -0.2) is 4.39 Å². The van der Waals surface area contributed by atoms with E-state index in [2.05, 4.69) is 18.7 Å². The van der Waals surface area contributed by atoms with Crippen LogP contribution in [0.1, 0.15) is 51.1 Å². The molecule has 1 aromatic carbocycles. The fraction of sp³-hybridized carbons (Fsp3) is 0.625. The van der Waals surface area contributed by atoms with Gasteiger partial charge in [0.15, 0.2) is 0 Å². The Balaban J connectivity index is 2.28. The minimum atomic E-state index is -0.148. The number of rotatable bonds is 4. The first kappa shape index (κ1) is 14.5. The monoisotopic (exact) mass is 264 g/mol. The number of nitrogens with two attached hydrogens (primary N) is 1. The van der Waals surface area contributed by atoms with Gasteiger partial charge < -0.3 is 5.73 Å². The van der Waals surface area contributed by atoms with E-state index in [9.17, 15) is 4.39 Å². The molecule has 0 aromatic heterocycles. The molecule has 2 rings (SSSR count). The predicted octanol–water partition coefficient (Wildman–Crippen LogP) is 3.48. The van der Waals surface area contributed by atoms with Gasteiger partial charge in [0.2, 0.25) is 0 Å². The third-order valence-electron chi connectivity index (χ3n) is 4.34. The molecule has 3 heteroatoms. The number of hydrogen-bond donors (Lipinski definition) is 1. The molecule has 2 N–H and O–H groups in total. The van der Waals surface area contributed by atoms with Gasteiger partial charge in [0.05, 0.1) is 0 Å². The maximum absolute atomic E-state index is 13.5. The van der Waals surface area contributed by atoms with Crippen molar-refractivity contribution >= 4 is 0 Å². The molecule has 2 nitrogen and oxygen atoms in total. The molecule has 1 fully saturated rings. The van der Waals surface area contributed by atoms with E-state index in [4.69, 9.17) is 5.73 Å². The molecule has 0 saturated carbocycles. The summed E-state index contributed by atoms with van der Waals surface area (Å²) < 4.78 is 13.5. The van der Waals surface area contributed by atoms with E-state index in [1.54, 1.807) is 12.1 Å². The van der Waals surface area contributed by atoms with E-state index >= 15 is 0 Å². The first-order valence-corrected chi connectivity index (χ1v) is 7.40. The van der Waals surface area contributed by atoms with Gasteiger partial charge in [0, 0.05) is 24.7 Å². The SMILES string of the molecule is CCC(c1cccc(F)c1)N1C(C)CCCC1CN. The Hall–Kier alpha value is -0.930. The van der Waals surface area contributed by atoms with Gasteiger partial charge in [0.1, 0.15) is 5.82 Å². The lowest BCUT2D eigenvalue weighted by Crippen LogP contribution is -2.50. The van der Waals surface area contributed by atoms with Crippen LogP contribution in [-0.2, 0) is 0 Å². The van der Waals surface area contributed by atoms with Crippen LogP contribution in [0.4, 0.5) is 4.39 Å². The zero-order chi connectivity index (χ0) is 13.8. The highest BCUT2D eigenvalue weighted by Crippen LogP contribution is 2.34. The molecule has 1 heterocycles. The van der Waals surface area contributed by atoms with Crippen LogP contribution in [-0.4, -0.2) is 23.5 Å². The third-order valence-corrected chi connectivity index (χ3v) is 4.34. The van der Waals surface area contributed by atoms with Gasteiger partial charge in [-0.15, -0.1) is 0 Å². The summed E-state index contributed by atoms with van der Waals surface area (Å²) >= 11 is 0. The second-order valence-corrected chi connectivity index (χ2v) is 5.60. The standard InChI is InChI=1S/C16H25FN2/c1-3-16(13-7-5-8-14(17)10-13)19-12(2)6-4-9-15(19)11-18/h5,7-8,10,12,15-16H,3-4,6,9,11,18H2,1-2H3. The highest BCUT2D eigenvalue weighted by atomic mass is 19.1. The van der Waals surface area contributed by atoms with Crippen molar-refractivity contribution in [2.45, 2.75) is 57.7 Å². The highest BCUT2D eigenvalue weighted by Gasteiger charge is 2.32. The minimum absolute atomic E-state index is 0.148. The number of hydrogen-bond acceptors (Lipinski definition) is 2. The summed E-state index contributed by atoms with van der Waals surface area (Å²) in [5.74, 6) is -0.148. The molecule has 0 amide bonds. The van der Waals surface area contributed by atoms with Crippen molar-refractivity contribution < 1.29 is 4.39 Å². The molecule has 3 atom stereocenters. The second kappa shape index (κ2) is 6.49. The van der Waals surface area contributed by atoms with E-state index in [-0.39, 0.29) is 11.9 Å². The molecule has 0 spiro atoms. The summed E-state index contributed by atoms with van der Waals surface area (Å²) in [5, 5.41) is 0. The van der Waals surface area contributed by atoms with Gasteiger partial charge in [-0.2, -0.15) is 0 Å². The van der Waals surface area contributed by atoms with Crippen molar-refractivity contribution in [1.82, 2.24) is 4.90 Å². The number of benzene rings is 1. The number of piperidine rings is 1. The predicted molar refractivity (Wildman–Crippen MR) is 77.4 cm³/mol. The summed E-state index contributed by atoms with van der Waals surface area (Å²) in [5.41, 5.74) is 7.02. The van der Waals surface area contributed by atoms with Gasteiger partial charge in [-0.05, 0) is 43.9 Å². The quantitative estimate of drug-likeness (QED) is 0.902. The maximum atomic E-state index is 13.5. The zero-order valence-electron chi connectivity index (χ0n) is 12.0. The van der Waals surface area contributed by atoms with E-state index in [1.165, 1.54) is 18.9 Å². The molecule has 19 heavy (non-hydrogen) atoms. The van der Waals surface area contributed by atoms with E-state index in [0.717, 1.165) is 18.4 Å². The van der Waals surface area contributed by atoms with Crippen LogP contribution in [0.5, 0.6) is 0 Å². The summed E-state index contributed by atoms with van der Waals surface area (Å²) in [6, 6.07) is 8.25. The Kier molecular flexibility index (Phi) is 4.94. The van der Waals surface area contributed by atoms with Crippen molar-refractivity contribution in [1.29, 1.82) is 0 Å². The van der Waals surface area contributed by atoms with Crippen molar-refractivity contribution in [3.05, 3.63) is 35.6 Å². The molecule has 106 valence electrons. The van der Waals surface area contributed by atoms with Gasteiger partial charge in [-0.3, -0.25) is 4.90 Å². The molecule has 0 bridgehead atoms. The average molecular weight is 264 g/mol. The first-order valence-electron chi connectivity index (χ1n) is 7.40. The molecule has 1 aliphatic rings. The van der Waals surface area contributed by atoms with E-state index < -0.39 is 0 Å². The van der Waals surface area contributed by atoms with Crippen LogP contribution < -0.4 is 5.73 Å². The second-order valence-electron chi connectivity index (χ2n) is 5.60. The fourth-order valence-corrected chi connectivity index (χ4v) is 3.44. The van der Waals surface area contributed by atoms with Crippen LogP contribution >= 0.6 is 0 Å². The van der Waals surface area contributed by atoms with Crippen molar-refractivity contribution in [3.63, 3.8) is 0 Å². The van der Waals surface area contributed by atoms with Crippen molar-refractivity contribution in [3.8, 4) is 0 Å². The van der Waals surface area contributed by atoms with Crippen LogP contribution in [0, 0.1) is 5.82 Å². The van der Waals surface area contributed by atoms with Gasteiger partial charge in [0.25, 0.3) is 0 Å². The van der Waals surface area contributed by atoms with Gasteiger partial charge >= 0.3 is 0 Å². The van der Waals surface area contributed by atoms with Crippen LogP contribution in [0.15, 0.2) is 24.3 Å². The van der Waals surface area contributed by atoms with Crippen LogP contribution in [0.2, 0.25) is 0 Å². The molecule has 1 saturated heterocycles. The largest absolute Gasteiger partial charge is 0.329 e. The summed E-state index contributed by atoms with van der Waals surface area (Å²) in [6.45, 7) is 5.13. The zero-order valence-corrected chi connectivity index (χ0v) is 12.0. The molecule has 3 unspecified atom stereocenters. The molecule has 1 aliphatic heterocycles. The smallest absolute Gasteiger partial charge is 0.123 e. The summed E-state index contributed by atoms with van der Waals surface area (Å²) in [6.07, 6.45) is 4.61. The molecular weight excluding hydrogens is 239 g/mol. The maximum Gasteiger partial charge on any atom is 0.123 e. The Morgan fingerprint density at radius 3 is 2.84 bits per heavy atom.